The second kappa shape index (κ2) is 5.47. The van der Waals surface area contributed by atoms with Crippen molar-refractivity contribution >= 4 is 0 Å². The predicted molar refractivity (Wildman–Crippen MR) is 66.4 cm³/mol. The standard InChI is InChI=1S/C14H17FN2O/c1-10-7-17(8-11(2)18-10)9-13-5-14(15)4-3-12(13)6-16/h3-5,10-11H,7-9H2,1-2H3/t10-,11+. The van der Waals surface area contributed by atoms with Crippen molar-refractivity contribution in [2.75, 3.05) is 13.1 Å². The lowest BCUT2D eigenvalue weighted by atomic mass is 10.1. The highest BCUT2D eigenvalue weighted by Crippen LogP contribution is 2.17. The molecule has 1 saturated heterocycles. The lowest BCUT2D eigenvalue weighted by molar-refractivity contribution is -0.0705. The predicted octanol–water partition coefficient (Wildman–Crippen LogP) is 2.31. The third-order valence-corrected chi connectivity index (χ3v) is 3.08. The van der Waals surface area contributed by atoms with Gasteiger partial charge in [-0.3, -0.25) is 4.90 Å². The van der Waals surface area contributed by atoms with Crippen molar-refractivity contribution in [1.82, 2.24) is 4.90 Å². The van der Waals surface area contributed by atoms with Crippen molar-refractivity contribution in [3.05, 3.63) is 35.1 Å². The molecule has 1 heterocycles. The maximum Gasteiger partial charge on any atom is 0.123 e. The molecule has 1 aliphatic heterocycles. The van der Waals surface area contributed by atoms with Crippen LogP contribution in [0.1, 0.15) is 25.0 Å². The van der Waals surface area contributed by atoms with Gasteiger partial charge < -0.3 is 4.74 Å². The lowest BCUT2D eigenvalue weighted by Crippen LogP contribution is -2.44. The van der Waals surface area contributed by atoms with E-state index in [-0.39, 0.29) is 18.0 Å². The average Bonchev–Trinajstić information content (AvgIpc) is 2.27. The van der Waals surface area contributed by atoms with Crippen LogP contribution in [-0.2, 0) is 11.3 Å². The fourth-order valence-electron chi connectivity index (χ4n) is 2.46. The molecule has 3 nitrogen and oxygen atoms in total. The molecule has 0 bridgehead atoms. The van der Waals surface area contributed by atoms with Crippen molar-refractivity contribution in [3.63, 3.8) is 0 Å². The molecule has 18 heavy (non-hydrogen) atoms. The molecule has 0 saturated carbocycles. The van der Waals surface area contributed by atoms with Crippen LogP contribution in [0.2, 0.25) is 0 Å². The van der Waals surface area contributed by atoms with Crippen LogP contribution >= 0.6 is 0 Å². The van der Waals surface area contributed by atoms with Crippen LogP contribution in [0.4, 0.5) is 4.39 Å². The number of halogens is 1. The fraction of sp³-hybridized carbons (Fsp3) is 0.500. The van der Waals surface area contributed by atoms with Crippen molar-refractivity contribution in [2.45, 2.75) is 32.6 Å². The Morgan fingerprint density at radius 3 is 2.67 bits per heavy atom. The Bertz CT molecular complexity index is 459. The first kappa shape index (κ1) is 13.0. The van der Waals surface area contributed by atoms with Crippen LogP contribution in [0.5, 0.6) is 0 Å². The van der Waals surface area contributed by atoms with Gasteiger partial charge in [-0.15, -0.1) is 0 Å². The summed E-state index contributed by atoms with van der Waals surface area (Å²) in [5.41, 5.74) is 1.29. The highest BCUT2D eigenvalue weighted by molar-refractivity contribution is 5.37. The zero-order chi connectivity index (χ0) is 13.1. The SMILES string of the molecule is C[C@@H]1CN(Cc2cc(F)ccc2C#N)C[C@H](C)O1. The Labute approximate surface area is 107 Å². The Kier molecular flexibility index (Phi) is 3.95. The van der Waals surface area contributed by atoms with Gasteiger partial charge in [0.15, 0.2) is 0 Å². The number of hydrogen-bond donors (Lipinski definition) is 0. The highest BCUT2D eigenvalue weighted by Gasteiger charge is 2.22. The van der Waals surface area contributed by atoms with Gasteiger partial charge in [-0.05, 0) is 37.6 Å². The summed E-state index contributed by atoms with van der Waals surface area (Å²) in [7, 11) is 0. The number of rotatable bonds is 2. The number of morpholine rings is 1. The van der Waals surface area contributed by atoms with E-state index in [2.05, 4.69) is 11.0 Å². The molecule has 0 N–H and O–H groups in total. The van der Waals surface area contributed by atoms with Crippen LogP contribution in [0.15, 0.2) is 18.2 Å². The average molecular weight is 248 g/mol. The monoisotopic (exact) mass is 248 g/mol. The molecule has 1 aromatic rings. The van der Waals surface area contributed by atoms with Crippen molar-refractivity contribution in [3.8, 4) is 6.07 Å². The van der Waals surface area contributed by atoms with E-state index in [0.29, 0.717) is 12.1 Å². The Hall–Kier alpha value is -1.44. The summed E-state index contributed by atoms with van der Waals surface area (Å²) in [5, 5.41) is 9.03. The van der Waals surface area contributed by atoms with Gasteiger partial charge in [0.05, 0.1) is 23.8 Å². The maximum atomic E-state index is 13.2. The minimum absolute atomic E-state index is 0.174. The van der Waals surface area contributed by atoms with Gasteiger partial charge in [-0.1, -0.05) is 0 Å². The maximum absolute atomic E-state index is 13.2. The zero-order valence-electron chi connectivity index (χ0n) is 10.7. The Morgan fingerprint density at radius 2 is 2.06 bits per heavy atom. The van der Waals surface area contributed by atoms with E-state index in [1.54, 1.807) is 0 Å². The third kappa shape index (κ3) is 3.06. The summed E-state index contributed by atoms with van der Waals surface area (Å²) >= 11 is 0. The van der Waals surface area contributed by atoms with Gasteiger partial charge in [0.1, 0.15) is 5.82 Å². The highest BCUT2D eigenvalue weighted by atomic mass is 19.1. The second-order valence-electron chi connectivity index (χ2n) is 4.86. The molecule has 0 amide bonds. The summed E-state index contributed by atoms with van der Waals surface area (Å²) < 4.78 is 18.9. The quantitative estimate of drug-likeness (QED) is 0.805. The van der Waals surface area contributed by atoms with Crippen LogP contribution in [0.25, 0.3) is 0 Å². The molecular formula is C14H17FN2O. The van der Waals surface area contributed by atoms with Crippen LogP contribution in [0.3, 0.4) is 0 Å². The number of benzene rings is 1. The molecule has 0 aromatic heterocycles. The van der Waals surface area contributed by atoms with Gasteiger partial charge in [0, 0.05) is 19.6 Å². The molecule has 2 rings (SSSR count). The summed E-state index contributed by atoms with van der Waals surface area (Å²) in [6.45, 7) is 6.27. The normalized spacial score (nSPS) is 24.8. The van der Waals surface area contributed by atoms with Crippen LogP contribution < -0.4 is 0 Å². The molecule has 1 fully saturated rings. The Morgan fingerprint density at radius 1 is 1.39 bits per heavy atom. The smallest absolute Gasteiger partial charge is 0.123 e. The van der Waals surface area contributed by atoms with E-state index in [1.807, 2.05) is 13.8 Å². The molecule has 1 aromatic carbocycles. The number of nitrogens with zero attached hydrogens (tertiary/aromatic N) is 2. The molecule has 4 heteroatoms. The molecule has 0 radical (unpaired) electrons. The van der Waals surface area contributed by atoms with Gasteiger partial charge in [0.2, 0.25) is 0 Å². The topological polar surface area (TPSA) is 36.3 Å². The van der Waals surface area contributed by atoms with Gasteiger partial charge >= 0.3 is 0 Å². The summed E-state index contributed by atoms with van der Waals surface area (Å²) in [6, 6.07) is 6.42. The van der Waals surface area contributed by atoms with Gasteiger partial charge in [-0.2, -0.15) is 5.26 Å². The molecule has 0 spiro atoms. The fourth-order valence-corrected chi connectivity index (χ4v) is 2.46. The van der Waals surface area contributed by atoms with E-state index in [4.69, 9.17) is 10.00 Å². The third-order valence-electron chi connectivity index (χ3n) is 3.08. The number of ether oxygens (including phenoxy) is 1. The minimum atomic E-state index is -0.293. The van der Waals surface area contributed by atoms with Gasteiger partial charge in [-0.25, -0.2) is 4.39 Å². The van der Waals surface area contributed by atoms with E-state index in [9.17, 15) is 4.39 Å². The lowest BCUT2D eigenvalue weighted by Gasteiger charge is -2.35. The number of hydrogen-bond acceptors (Lipinski definition) is 3. The van der Waals surface area contributed by atoms with Crippen molar-refractivity contribution in [2.24, 2.45) is 0 Å². The largest absolute Gasteiger partial charge is 0.373 e. The molecule has 0 unspecified atom stereocenters. The van der Waals surface area contributed by atoms with Crippen LogP contribution in [-0.4, -0.2) is 30.2 Å². The summed E-state index contributed by atoms with van der Waals surface area (Å²) in [4.78, 5) is 2.20. The molecule has 96 valence electrons. The van der Waals surface area contributed by atoms with Crippen molar-refractivity contribution in [1.29, 1.82) is 5.26 Å². The molecule has 2 atom stereocenters. The first-order valence-corrected chi connectivity index (χ1v) is 6.15. The zero-order valence-corrected chi connectivity index (χ0v) is 10.7. The van der Waals surface area contributed by atoms with Crippen LogP contribution in [0, 0.1) is 17.1 Å². The molecular weight excluding hydrogens is 231 g/mol. The Balaban J connectivity index is 2.13. The summed E-state index contributed by atoms with van der Waals surface area (Å²) in [6.07, 6.45) is 0.348. The van der Waals surface area contributed by atoms with E-state index in [1.165, 1.54) is 18.2 Å². The summed E-state index contributed by atoms with van der Waals surface area (Å²) in [5.74, 6) is -0.293. The molecule has 0 aliphatic carbocycles. The van der Waals surface area contributed by atoms with E-state index >= 15 is 0 Å². The first-order valence-electron chi connectivity index (χ1n) is 6.15. The number of nitriles is 1. The first-order chi connectivity index (χ1) is 8.58. The van der Waals surface area contributed by atoms with E-state index < -0.39 is 0 Å². The van der Waals surface area contributed by atoms with Gasteiger partial charge in [0.25, 0.3) is 0 Å². The van der Waals surface area contributed by atoms with Crippen molar-refractivity contribution < 1.29 is 9.13 Å². The molecule has 1 aliphatic rings. The van der Waals surface area contributed by atoms with E-state index in [0.717, 1.165) is 18.7 Å². The minimum Gasteiger partial charge on any atom is -0.373 e. The second-order valence-corrected chi connectivity index (χ2v) is 4.86.